The summed E-state index contributed by atoms with van der Waals surface area (Å²) in [6, 6.07) is 4.66. The molecule has 10 heteroatoms. The molecule has 0 fully saturated rings. The number of cyclic esters (lactones) is 1. The van der Waals surface area contributed by atoms with Crippen LogP contribution in [0, 0.1) is 5.82 Å². The number of esters is 1. The van der Waals surface area contributed by atoms with E-state index >= 15 is 0 Å². The molecule has 1 aliphatic rings. The van der Waals surface area contributed by atoms with Crippen LogP contribution >= 0.6 is 15.9 Å². The quantitative estimate of drug-likeness (QED) is 0.553. The highest BCUT2D eigenvalue weighted by Crippen LogP contribution is 2.33. The smallest absolute Gasteiger partial charge is 0.346 e. The number of anilines is 2. The minimum Gasteiger partial charge on any atom is -0.487 e. The van der Waals surface area contributed by atoms with Gasteiger partial charge in [0.05, 0.1) is 4.47 Å². The molecule has 3 aromatic rings. The number of nitrogen functional groups attached to an aromatic ring is 1. The number of hydrogen-bond donors (Lipinski definition) is 1. The Morgan fingerprint density at radius 1 is 1.38 bits per heavy atom. The summed E-state index contributed by atoms with van der Waals surface area (Å²) in [5, 5.41) is 4.13. The fourth-order valence-corrected chi connectivity index (χ4v) is 3.66. The number of ether oxygens (including phenoxy) is 2. The standard InChI is InChI=1S/C19H19BrFN5O3/c1-3-25-8-11-13(5-4-12(21)16(11)20)29-10(2)9-28-19(27)15-17(22)24-26-7-6-14(25)23-18(15)26/h4-7,10H,3,8-9H2,1-2H3,(H2,22,24)/t10-/m0/s1. The molecule has 1 aromatic carbocycles. The predicted molar refractivity (Wildman–Crippen MR) is 109 cm³/mol. The molecular formula is C19H19BrFN5O3. The molecule has 0 saturated carbocycles. The van der Waals surface area contributed by atoms with Crippen LogP contribution in [0.3, 0.4) is 0 Å². The van der Waals surface area contributed by atoms with Crippen molar-refractivity contribution in [1.82, 2.24) is 14.6 Å². The number of aromatic nitrogens is 3. The Labute approximate surface area is 174 Å². The van der Waals surface area contributed by atoms with E-state index in [1.54, 1.807) is 25.3 Å². The van der Waals surface area contributed by atoms with Gasteiger partial charge in [0.2, 0.25) is 0 Å². The molecule has 152 valence electrons. The molecule has 8 nitrogen and oxygen atoms in total. The van der Waals surface area contributed by atoms with Crippen LogP contribution in [0.15, 0.2) is 28.9 Å². The zero-order valence-corrected chi connectivity index (χ0v) is 17.4. The van der Waals surface area contributed by atoms with Gasteiger partial charge in [0.25, 0.3) is 0 Å². The SMILES string of the molecule is CCN1Cc2c(ccc(F)c2Br)O[C@@H](C)COC(=O)c2c(N)nn3ccc1nc23. The highest BCUT2D eigenvalue weighted by atomic mass is 79.9. The van der Waals surface area contributed by atoms with Crippen molar-refractivity contribution in [3.63, 3.8) is 0 Å². The van der Waals surface area contributed by atoms with Crippen molar-refractivity contribution in [3.05, 3.63) is 45.8 Å². The van der Waals surface area contributed by atoms with E-state index in [2.05, 4.69) is 26.0 Å². The molecule has 1 atom stereocenters. The Hall–Kier alpha value is -2.88. The third-order valence-electron chi connectivity index (χ3n) is 4.69. The van der Waals surface area contributed by atoms with Crippen LogP contribution in [0.1, 0.15) is 29.8 Å². The summed E-state index contributed by atoms with van der Waals surface area (Å²) in [6.45, 7) is 4.64. The van der Waals surface area contributed by atoms with E-state index in [4.69, 9.17) is 15.2 Å². The fraction of sp³-hybridized carbons (Fsp3) is 0.316. The topological polar surface area (TPSA) is 95.0 Å². The van der Waals surface area contributed by atoms with Crippen molar-refractivity contribution in [2.75, 3.05) is 23.8 Å². The molecule has 0 saturated heterocycles. The van der Waals surface area contributed by atoms with Crippen molar-refractivity contribution in [1.29, 1.82) is 0 Å². The van der Waals surface area contributed by atoms with Gasteiger partial charge in [0, 0.05) is 24.8 Å². The molecule has 29 heavy (non-hydrogen) atoms. The van der Waals surface area contributed by atoms with Gasteiger partial charge in [-0.2, -0.15) is 0 Å². The van der Waals surface area contributed by atoms with Crippen LogP contribution in [-0.2, 0) is 11.3 Å². The molecule has 2 bridgehead atoms. The first-order chi connectivity index (χ1) is 13.9. The normalized spacial score (nSPS) is 17.2. The van der Waals surface area contributed by atoms with Gasteiger partial charge in [-0.15, -0.1) is 5.10 Å². The second kappa shape index (κ2) is 7.51. The Kier molecular flexibility index (Phi) is 5.03. The molecule has 1 aliphatic heterocycles. The largest absolute Gasteiger partial charge is 0.487 e. The number of carbonyl (C=O) groups is 1. The highest BCUT2D eigenvalue weighted by Gasteiger charge is 2.25. The molecule has 0 spiro atoms. The number of nitrogens with two attached hydrogens (primary N) is 1. The molecule has 4 rings (SSSR count). The van der Waals surface area contributed by atoms with E-state index in [0.717, 1.165) is 0 Å². The number of benzene rings is 1. The van der Waals surface area contributed by atoms with Crippen LogP contribution in [0.25, 0.3) is 5.65 Å². The van der Waals surface area contributed by atoms with Crippen molar-refractivity contribution in [3.8, 4) is 5.75 Å². The predicted octanol–water partition coefficient (Wildman–Crippen LogP) is 3.18. The first-order valence-corrected chi connectivity index (χ1v) is 9.88. The van der Waals surface area contributed by atoms with E-state index in [-0.39, 0.29) is 23.8 Å². The first-order valence-electron chi connectivity index (χ1n) is 9.09. The number of carbonyl (C=O) groups excluding carboxylic acids is 1. The fourth-order valence-electron chi connectivity index (χ4n) is 3.20. The van der Waals surface area contributed by atoms with Crippen molar-refractivity contribution in [2.45, 2.75) is 26.5 Å². The minimum atomic E-state index is -0.625. The third-order valence-corrected chi connectivity index (χ3v) is 5.54. The van der Waals surface area contributed by atoms with E-state index in [1.807, 2.05) is 11.8 Å². The lowest BCUT2D eigenvalue weighted by atomic mass is 10.1. The molecule has 0 unspecified atom stereocenters. The Morgan fingerprint density at radius 3 is 2.93 bits per heavy atom. The van der Waals surface area contributed by atoms with Crippen LogP contribution in [0.4, 0.5) is 16.0 Å². The van der Waals surface area contributed by atoms with E-state index < -0.39 is 12.1 Å². The zero-order valence-electron chi connectivity index (χ0n) is 15.9. The van der Waals surface area contributed by atoms with Gasteiger partial charge >= 0.3 is 5.97 Å². The van der Waals surface area contributed by atoms with Crippen molar-refractivity contribution in [2.24, 2.45) is 0 Å². The number of hydrogen-bond acceptors (Lipinski definition) is 7. The summed E-state index contributed by atoms with van der Waals surface area (Å²) in [5.74, 6) is 0.118. The molecule has 0 aliphatic carbocycles. The average molecular weight is 464 g/mol. The maximum atomic E-state index is 14.2. The van der Waals surface area contributed by atoms with Crippen LogP contribution in [0.2, 0.25) is 0 Å². The van der Waals surface area contributed by atoms with Crippen LogP contribution < -0.4 is 15.4 Å². The van der Waals surface area contributed by atoms with Gasteiger partial charge in [0.15, 0.2) is 11.5 Å². The molecule has 3 heterocycles. The lowest BCUT2D eigenvalue weighted by Crippen LogP contribution is -2.25. The molecule has 2 N–H and O–H groups in total. The molecule has 0 amide bonds. The second-order valence-electron chi connectivity index (χ2n) is 6.69. The maximum absolute atomic E-state index is 14.2. The number of halogens is 2. The van der Waals surface area contributed by atoms with E-state index in [1.165, 1.54) is 10.6 Å². The summed E-state index contributed by atoms with van der Waals surface area (Å²) in [7, 11) is 0. The number of rotatable bonds is 1. The highest BCUT2D eigenvalue weighted by molar-refractivity contribution is 9.10. The number of fused-ring (bicyclic) bond motifs is 2. The summed E-state index contributed by atoms with van der Waals surface area (Å²) in [4.78, 5) is 19.2. The lowest BCUT2D eigenvalue weighted by Gasteiger charge is -2.25. The Morgan fingerprint density at radius 2 is 2.17 bits per heavy atom. The van der Waals surface area contributed by atoms with Crippen LogP contribution in [-0.4, -0.2) is 39.8 Å². The van der Waals surface area contributed by atoms with Crippen molar-refractivity contribution < 1.29 is 18.7 Å². The summed E-state index contributed by atoms with van der Waals surface area (Å²) in [6.07, 6.45) is 1.21. The lowest BCUT2D eigenvalue weighted by molar-refractivity contribution is 0.0343. The summed E-state index contributed by atoms with van der Waals surface area (Å²) < 4.78 is 27.3. The third kappa shape index (κ3) is 3.48. The monoisotopic (exact) mass is 463 g/mol. The summed E-state index contributed by atoms with van der Waals surface area (Å²) in [5.41, 5.74) is 6.99. The van der Waals surface area contributed by atoms with Gasteiger partial charge < -0.3 is 20.1 Å². The zero-order chi connectivity index (χ0) is 20.7. The van der Waals surface area contributed by atoms with Crippen molar-refractivity contribution >= 4 is 39.2 Å². The van der Waals surface area contributed by atoms with Gasteiger partial charge in [-0.1, -0.05) is 0 Å². The van der Waals surface area contributed by atoms with Crippen LogP contribution in [0.5, 0.6) is 5.75 Å². The second-order valence-corrected chi connectivity index (χ2v) is 7.49. The van der Waals surface area contributed by atoms with E-state index in [9.17, 15) is 9.18 Å². The molecular weight excluding hydrogens is 445 g/mol. The maximum Gasteiger partial charge on any atom is 0.346 e. The van der Waals surface area contributed by atoms with Gasteiger partial charge in [-0.25, -0.2) is 18.7 Å². The Balaban J connectivity index is 1.90. The van der Waals surface area contributed by atoms with Gasteiger partial charge in [0.1, 0.15) is 35.7 Å². The molecule has 2 aromatic heterocycles. The number of nitrogens with zero attached hydrogens (tertiary/aromatic N) is 4. The minimum absolute atomic E-state index is 0.0127. The van der Waals surface area contributed by atoms with Gasteiger partial charge in [-0.05, 0) is 48.0 Å². The van der Waals surface area contributed by atoms with Gasteiger partial charge in [-0.3, -0.25) is 0 Å². The average Bonchev–Trinajstić information content (AvgIpc) is 3.03. The first kappa shape index (κ1) is 19.4. The van der Waals surface area contributed by atoms with E-state index in [0.29, 0.717) is 40.3 Å². The summed E-state index contributed by atoms with van der Waals surface area (Å²) >= 11 is 3.34. The molecule has 0 radical (unpaired) electrons. The Bertz CT molecular complexity index is 1100.